The van der Waals surface area contributed by atoms with Crippen LogP contribution in [0.5, 0.6) is 0 Å². The Morgan fingerprint density at radius 1 is 1.13 bits per heavy atom. The second-order valence-electron chi connectivity index (χ2n) is 12.0. The Labute approximate surface area is 267 Å². The molecule has 0 spiro atoms. The molecular weight excluding hydrogens is 591 g/mol. The number of pyridine rings is 2. The van der Waals surface area contributed by atoms with Gasteiger partial charge in [-0.25, -0.2) is 9.37 Å². The number of piperazine rings is 1. The largest absolute Gasteiger partial charge is 0.383 e. The van der Waals surface area contributed by atoms with E-state index in [1.807, 2.05) is 30.5 Å². The number of carbonyl (C=O) groups excluding carboxylic acids is 1. The smallest absolute Gasteiger partial charge is 0.274 e. The normalized spacial score (nSPS) is 18.9. The van der Waals surface area contributed by atoms with Crippen molar-refractivity contribution >= 4 is 40.0 Å². The number of nitrogens with zero attached hydrogens (tertiary/aromatic N) is 4. The zero-order valence-electron chi connectivity index (χ0n) is 26.0. The van der Waals surface area contributed by atoms with Crippen molar-refractivity contribution in [3.63, 3.8) is 0 Å². The van der Waals surface area contributed by atoms with Gasteiger partial charge in [-0.15, -0.1) is 11.3 Å². The number of ether oxygens (including phenoxy) is 1. The summed E-state index contributed by atoms with van der Waals surface area (Å²) in [7, 11) is 3.37. The van der Waals surface area contributed by atoms with E-state index in [1.54, 1.807) is 32.5 Å². The van der Waals surface area contributed by atoms with Crippen LogP contribution >= 0.6 is 11.3 Å². The number of thiophene rings is 1. The first-order valence-corrected chi connectivity index (χ1v) is 16.6. The van der Waals surface area contributed by atoms with Crippen LogP contribution < -0.4 is 21.1 Å². The number of halogens is 1. The minimum absolute atomic E-state index is 0.242. The van der Waals surface area contributed by atoms with Crippen molar-refractivity contribution in [2.75, 3.05) is 56.7 Å². The highest BCUT2D eigenvalue weighted by Crippen LogP contribution is 2.32. The SMILES string of the molecule is COCCN1CCN(c2ccc(Nc3cc(C4=C(F)C(NC(=O)c5cc6c(s5)CCCCC6)CC=C4)cn(C)c3=O)nc2)CC1. The number of nitrogens with one attached hydrogen (secondary N) is 2. The predicted molar refractivity (Wildman–Crippen MR) is 178 cm³/mol. The molecule has 4 heterocycles. The highest BCUT2D eigenvalue weighted by Gasteiger charge is 2.26. The standard InChI is InChI=1S/C34H41FN6O3S/c1-39-22-24(26-8-6-9-27(32(26)35)38-33(42)30-20-23-7-4-3-5-10-29(23)45-30)19-28(34(39)43)37-31-12-11-25(21-36-31)41-15-13-40(14-16-41)17-18-44-2/h6,8,11-12,19-22,27H,3-5,7,9-10,13-18H2,1-2H3,(H,36,37)(H,38,42). The van der Waals surface area contributed by atoms with Crippen molar-refractivity contribution in [1.29, 1.82) is 0 Å². The number of hydrogen-bond donors (Lipinski definition) is 2. The van der Waals surface area contributed by atoms with Gasteiger partial charge in [0.15, 0.2) is 0 Å². The number of amides is 1. The van der Waals surface area contributed by atoms with Gasteiger partial charge in [-0.2, -0.15) is 0 Å². The Morgan fingerprint density at radius 2 is 1.96 bits per heavy atom. The van der Waals surface area contributed by atoms with Crippen LogP contribution in [0, 0.1) is 0 Å². The molecule has 0 saturated carbocycles. The van der Waals surface area contributed by atoms with E-state index in [0.717, 1.165) is 70.7 Å². The second-order valence-corrected chi connectivity index (χ2v) is 13.1. The van der Waals surface area contributed by atoms with Crippen LogP contribution in [-0.2, 0) is 24.6 Å². The van der Waals surface area contributed by atoms with Gasteiger partial charge in [0.05, 0.1) is 29.4 Å². The van der Waals surface area contributed by atoms with Gasteiger partial charge < -0.3 is 24.8 Å². The Bertz CT molecular complexity index is 1610. The van der Waals surface area contributed by atoms with Gasteiger partial charge in [0.1, 0.15) is 17.3 Å². The van der Waals surface area contributed by atoms with Gasteiger partial charge in [-0.05, 0) is 61.9 Å². The number of rotatable bonds is 9. The average molecular weight is 633 g/mol. The number of aryl methyl sites for hydroxylation is 3. The molecular formula is C34H41FN6O3S. The van der Waals surface area contributed by atoms with Crippen molar-refractivity contribution in [1.82, 2.24) is 19.8 Å². The third-order valence-corrected chi connectivity index (χ3v) is 10.1. The third kappa shape index (κ3) is 7.21. The molecule has 6 rings (SSSR count). The maximum absolute atomic E-state index is 15.9. The van der Waals surface area contributed by atoms with Crippen LogP contribution in [0.2, 0.25) is 0 Å². The minimum Gasteiger partial charge on any atom is -0.383 e. The maximum atomic E-state index is 15.9. The molecule has 3 aromatic rings. The van der Waals surface area contributed by atoms with Crippen LogP contribution in [0.3, 0.4) is 0 Å². The van der Waals surface area contributed by atoms with E-state index in [1.165, 1.54) is 32.8 Å². The van der Waals surface area contributed by atoms with Gasteiger partial charge in [0.25, 0.3) is 11.5 Å². The molecule has 3 aliphatic rings. The van der Waals surface area contributed by atoms with Crippen molar-refractivity contribution < 1.29 is 13.9 Å². The molecule has 0 radical (unpaired) electrons. The number of anilines is 3. The van der Waals surface area contributed by atoms with E-state index in [2.05, 4.69) is 25.4 Å². The molecule has 0 bridgehead atoms. The number of hydrogen-bond acceptors (Lipinski definition) is 8. The molecule has 2 N–H and O–H groups in total. The van der Waals surface area contributed by atoms with Gasteiger partial charge in [0, 0.05) is 69.1 Å². The number of fused-ring (bicyclic) bond motifs is 1. The summed E-state index contributed by atoms with van der Waals surface area (Å²) < 4.78 is 22.6. The summed E-state index contributed by atoms with van der Waals surface area (Å²) in [5.74, 6) is -0.133. The second kappa shape index (κ2) is 14.1. The minimum atomic E-state index is -0.774. The topological polar surface area (TPSA) is 91.7 Å². The molecule has 1 atom stereocenters. The summed E-state index contributed by atoms with van der Waals surface area (Å²) in [6.07, 6.45) is 12.9. The lowest BCUT2D eigenvalue weighted by atomic mass is 9.96. The van der Waals surface area contributed by atoms with Gasteiger partial charge in [0.2, 0.25) is 0 Å². The van der Waals surface area contributed by atoms with Gasteiger partial charge >= 0.3 is 0 Å². The number of allylic oxidation sites excluding steroid dienone is 2. The van der Waals surface area contributed by atoms with Crippen LogP contribution in [0.1, 0.15) is 51.4 Å². The fourth-order valence-electron chi connectivity index (χ4n) is 6.24. The molecule has 1 aliphatic heterocycles. The zero-order chi connectivity index (χ0) is 31.3. The molecule has 1 unspecified atom stereocenters. The van der Waals surface area contributed by atoms with Crippen molar-refractivity contribution in [3.05, 3.63) is 85.9 Å². The Balaban J connectivity index is 1.15. The molecule has 238 valence electrons. The number of carbonyl (C=O) groups is 1. The Kier molecular flexibility index (Phi) is 9.77. The maximum Gasteiger partial charge on any atom is 0.274 e. The zero-order valence-corrected chi connectivity index (χ0v) is 26.8. The quantitative estimate of drug-likeness (QED) is 0.319. The Morgan fingerprint density at radius 3 is 2.73 bits per heavy atom. The van der Waals surface area contributed by atoms with Crippen LogP contribution in [0.4, 0.5) is 21.6 Å². The van der Waals surface area contributed by atoms with Crippen molar-refractivity contribution in [2.45, 2.75) is 44.6 Å². The molecule has 11 heteroatoms. The highest BCUT2D eigenvalue weighted by atomic mass is 32.1. The van der Waals surface area contributed by atoms with E-state index in [4.69, 9.17) is 4.74 Å². The average Bonchev–Trinajstić information content (AvgIpc) is 3.34. The molecule has 1 amide bonds. The highest BCUT2D eigenvalue weighted by molar-refractivity contribution is 7.14. The van der Waals surface area contributed by atoms with E-state index in [-0.39, 0.29) is 11.5 Å². The van der Waals surface area contributed by atoms with Crippen molar-refractivity contribution in [3.8, 4) is 0 Å². The summed E-state index contributed by atoms with van der Waals surface area (Å²) in [6, 6.07) is 6.72. The fourth-order valence-corrected chi connectivity index (χ4v) is 7.40. The fraction of sp³-hybridized carbons (Fsp3) is 0.441. The van der Waals surface area contributed by atoms with Crippen LogP contribution in [0.15, 0.2) is 59.4 Å². The van der Waals surface area contributed by atoms with E-state index >= 15 is 4.39 Å². The summed E-state index contributed by atoms with van der Waals surface area (Å²) in [5, 5.41) is 6.05. The molecule has 2 aliphatic carbocycles. The van der Waals surface area contributed by atoms with E-state index in [9.17, 15) is 9.59 Å². The molecule has 1 fully saturated rings. The summed E-state index contributed by atoms with van der Waals surface area (Å²) >= 11 is 1.53. The lowest BCUT2D eigenvalue weighted by Gasteiger charge is -2.35. The van der Waals surface area contributed by atoms with Gasteiger partial charge in [-0.1, -0.05) is 18.6 Å². The molecule has 9 nitrogen and oxygen atoms in total. The lowest BCUT2D eigenvalue weighted by molar-refractivity contribution is 0.0943. The molecule has 3 aromatic heterocycles. The summed E-state index contributed by atoms with van der Waals surface area (Å²) in [5.41, 5.74) is 3.22. The summed E-state index contributed by atoms with van der Waals surface area (Å²) in [4.78, 5) is 37.4. The van der Waals surface area contributed by atoms with Crippen molar-refractivity contribution in [2.24, 2.45) is 7.05 Å². The first kappa shape index (κ1) is 31.2. The first-order chi connectivity index (χ1) is 21.9. The number of methoxy groups -OCH3 is 1. The lowest BCUT2D eigenvalue weighted by Crippen LogP contribution is -2.47. The molecule has 1 saturated heterocycles. The van der Waals surface area contributed by atoms with Crippen LogP contribution in [-0.4, -0.2) is 72.8 Å². The molecule has 0 aromatic carbocycles. The van der Waals surface area contributed by atoms with E-state index < -0.39 is 11.9 Å². The predicted octanol–water partition coefficient (Wildman–Crippen LogP) is 5.06. The van der Waals surface area contributed by atoms with E-state index in [0.29, 0.717) is 33.9 Å². The monoisotopic (exact) mass is 632 g/mol. The number of aromatic nitrogens is 2. The Hall–Kier alpha value is -3.80. The van der Waals surface area contributed by atoms with Crippen LogP contribution in [0.25, 0.3) is 5.57 Å². The first-order valence-electron chi connectivity index (χ1n) is 15.8. The summed E-state index contributed by atoms with van der Waals surface area (Å²) in [6.45, 7) is 5.41. The third-order valence-electron chi connectivity index (χ3n) is 8.85. The van der Waals surface area contributed by atoms with Gasteiger partial charge in [-0.3, -0.25) is 14.5 Å². The molecule has 45 heavy (non-hydrogen) atoms.